The monoisotopic (exact) mass is 347 g/mol. The fraction of sp³-hybridized carbons (Fsp3) is 0.550. The fourth-order valence-corrected chi connectivity index (χ4v) is 2.76. The van der Waals surface area contributed by atoms with Crippen molar-refractivity contribution in [2.24, 2.45) is 7.05 Å². The molecule has 1 N–H and O–H groups in total. The van der Waals surface area contributed by atoms with Crippen molar-refractivity contribution in [2.75, 3.05) is 13.2 Å². The number of benzene rings is 1. The average molecular weight is 347 g/mol. The summed E-state index contributed by atoms with van der Waals surface area (Å²) >= 11 is 0. The number of aryl methyl sites for hydroxylation is 1. The molecule has 2 rings (SSSR count). The Kier molecular flexibility index (Phi) is 7.16. The average Bonchev–Trinajstić information content (AvgIpc) is 2.61. The molecule has 0 unspecified atom stereocenters. The van der Waals surface area contributed by atoms with Crippen LogP contribution in [0.15, 0.2) is 23.0 Å². The van der Waals surface area contributed by atoms with Crippen molar-refractivity contribution in [3.63, 3.8) is 0 Å². The molecule has 25 heavy (non-hydrogen) atoms. The summed E-state index contributed by atoms with van der Waals surface area (Å²) in [6.45, 7) is 5.28. The van der Waals surface area contributed by atoms with Gasteiger partial charge in [-0.1, -0.05) is 39.5 Å². The lowest BCUT2D eigenvalue weighted by Gasteiger charge is -2.17. The molecule has 5 nitrogen and oxygen atoms in total. The third-order valence-corrected chi connectivity index (χ3v) is 4.28. The molecule has 5 heteroatoms. The molecule has 0 spiro atoms. The SMILES string of the molecule is CCCCCCOc1c(OCCCC)c(=O)n(C)c2cc(O)ccc12. The Labute approximate surface area is 149 Å². The first-order valence-corrected chi connectivity index (χ1v) is 9.21. The third-order valence-electron chi connectivity index (χ3n) is 4.28. The van der Waals surface area contributed by atoms with Gasteiger partial charge in [0.1, 0.15) is 5.75 Å². The van der Waals surface area contributed by atoms with Gasteiger partial charge >= 0.3 is 0 Å². The van der Waals surface area contributed by atoms with E-state index in [1.165, 1.54) is 17.4 Å². The van der Waals surface area contributed by atoms with E-state index in [2.05, 4.69) is 13.8 Å². The maximum absolute atomic E-state index is 12.7. The van der Waals surface area contributed by atoms with E-state index >= 15 is 0 Å². The second kappa shape index (κ2) is 9.35. The molecule has 0 saturated carbocycles. The van der Waals surface area contributed by atoms with Gasteiger partial charge in [-0.2, -0.15) is 0 Å². The summed E-state index contributed by atoms with van der Waals surface area (Å²) in [4.78, 5) is 12.7. The van der Waals surface area contributed by atoms with Crippen molar-refractivity contribution in [1.29, 1.82) is 0 Å². The van der Waals surface area contributed by atoms with Crippen molar-refractivity contribution >= 4 is 10.9 Å². The normalized spacial score (nSPS) is 11.0. The molecule has 0 radical (unpaired) electrons. The first-order valence-electron chi connectivity index (χ1n) is 9.21. The van der Waals surface area contributed by atoms with Crippen molar-refractivity contribution < 1.29 is 14.6 Å². The van der Waals surface area contributed by atoms with Gasteiger partial charge in [0.25, 0.3) is 5.56 Å². The molecule has 1 heterocycles. The van der Waals surface area contributed by atoms with Crippen LogP contribution in [0.25, 0.3) is 10.9 Å². The number of aromatic nitrogens is 1. The van der Waals surface area contributed by atoms with E-state index in [-0.39, 0.29) is 17.1 Å². The minimum Gasteiger partial charge on any atom is -0.508 e. The lowest BCUT2D eigenvalue weighted by molar-refractivity contribution is 0.259. The highest BCUT2D eigenvalue weighted by atomic mass is 16.5. The number of hydrogen-bond donors (Lipinski definition) is 1. The molecule has 0 atom stereocenters. The van der Waals surface area contributed by atoms with Gasteiger partial charge in [-0.3, -0.25) is 4.79 Å². The van der Waals surface area contributed by atoms with Crippen LogP contribution < -0.4 is 15.0 Å². The number of rotatable bonds is 10. The number of pyridine rings is 1. The van der Waals surface area contributed by atoms with Crippen molar-refractivity contribution in [1.82, 2.24) is 4.57 Å². The van der Waals surface area contributed by atoms with Crippen molar-refractivity contribution in [2.45, 2.75) is 52.4 Å². The predicted molar refractivity (Wildman–Crippen MR) is 101 cm³/mol. The zero-order valence-electron chi connectivity index (χ0n) is 15.5. The molecule has 138 valence electrons. The number of phenolic OH excluding ortho intramolecular Hbond substituents is 1. The number of phenols is 1. The van der Waals surface area contributed by atoms with Crippen LogP contribution in [0.4, 0.5) is 0 Å². The van der Waals surface area contributed by atoms with E-state index in [0.29, 0.717) is 24.5 Å². The van der Waals surface area contributed by atoms with Gasteiger partial charge in [-0.15, -0.1) is 0 Å². The van der Waals surface area contributed by atoms with E-state index in [4.69, 9.17) is 9.47 Å². The maximum atomic E-state index is 12.7. The molecule has 2 aromatic rings. The lowest BCUT2D eigenvalue weighted by atomic mass is 10.1. The van der Waals surface area contributed by atoms with Crippen LogP contribution in [0.5, 0.6) is 17.2 Å². The summed E-state index contributed by atoms with van der Waals surface area (Å²) in [6.07, 6.45) is 6.26. The summed E-state index contributed by atoms with van der Waals surface area (Å²) in [6, 6.07) is 4.96. The molecule has 0 aliphatic heterocycles. The molecule has 1 aromatic heterocycles. The van der Waals surface area contributed by atoms with Crippen LogP contribution >= 0.6 is 0 Å². The molecule has 0 aliphatic carbocycles. The Hall–Kier alpha value is -2.17. The summed E-state index contributed by atoms with van der Waals surface area (Å²) in [7, 11) is 1.68. The first-order chi connectivity index (χ1) is 12.1. The zero-order valence-corrected chi connectivity index (χ0v) is 15.5. The number of nitrogens with zero attached hydrogens (tertiary/aromatic N) is 1. The summed E-state index contributed by atoms with van der Waals surface area (Å²) < 4.78 is 13.3. The van der Waals surface area contributed by atoms with Crippen molar-refractivity contribution in [3.05, 3.63) is 28.6 Å². The number of fused-ring (bicyclic) bond motifs is 1. The molecular formula is C20H29NO4. The number of unbranched alkanes of at least 4 members (excludes halogenated alkanes) is 4. The second-order valence-corrected chi connectivity index (χ2v) is 6.34. The summed E-state index contributed by atoms with van der Waals surface area (Å²) in [5.74, 6) is 0.881. The van der Waals surface area contributed by atoms with E-state index in [0.717, 1.165) is 31.1 Å². The maximum Gasteiger partial charge on any atom is 0.297 e. The van der Waals surface area contributed by atoms with Gasteiger partial charge in [-0.05, 0) is 25.0 Å². The summed E-state index contributed by atoms with van der Waals surface area (Å²) in [5.41, 5.74) is 0.397. The quantitative estimate of drug-likeness (QED) is 0.648. The first kappa shape index (κ1) is 19.2. The minimum atomic E-state index is -0.238. The van der Waals surface area contributed by atoms with Crippen LogP contribution in [0.3, 0.4) is 0 Å². The third kappa shape index (κ3) is 4.68. The molecule has 0 saturated heterocycles. The minimum absolute atomic E-state index is 0.121. The Morgan fingerprint density at radius 3 is 2.36 bits per heavy atom. The van der Waals surface area contributed by atoms with E-state index < -0.39 is 0 Å². The highest BCUT2D eigenvalue weighted by molar-refractivity contribution is 5.88. The predicted octanol–water partition coefficient (Wildman–Crippen LogP) is 4.38. The second-order valence-electron chi connectivity index (χ2n) is 6.34. The highest BCUT2D eigenvalue weighted by Gasteiger charge is 2.18. The molecule has 0 bridgehead atoms. The molecule has 0 fully saturated rings. The largest absolute Gasteiger partial charge is 0.508 e. The number of ether oxygens (including phenoxy) is 2. The van der Waals surface area contributed by atoms with E-state index in [1.807, 2.05) is 0 Å². The number of hydrogen-bond acceptors (Lipinski definition) is 4. The van der Waals surface area contributed by atoms with Gasteiger partial charge < -0.3 is 19.1 Å². The molecule has 0 aliphatic rings. The van der Waals surface area contributed by atoms with Gasteiger partial charge in [-0.25, -0.2) is 0 Å². The highest BCUT2D eigenvalue weighted by Crippen LogP contribution is 2.34. The lowest BCUT2D eigenvalue weighted by Crippen LogP contribution is -2.21. The van der Waals surface area contributed by atoms with Crippen LogP contribution in [0.2, 0.25) is 0 Å². The van der Waals surface area contributed by atoms with Crippen LogP contribution in [-0.4, -0.2) is 22.9 Å². The van der Waals surface area contributed by atoms with Gasteiger partial charge in [0, 0.05) is 18.5 Å². The van der Waals surface area contributed by atoms with E-state index in [1.54, 1.807) is 25.2 Å². The van der Waals surface area contributed by atoms with Gasteiger partial charge in [0.15, 0.2) is 5.75 Å². The number of aromatic hydroxyl groups is 1. The fourth-order valence-electron chi connectivity index (χ4n) is 2.76. The molecular weight excluding hydrogens is 318 g/mol. The Balaban J connectivity index is 2.39. The Bertz CT molecular complexity index is 751. The van der Waals surface area contributed by atoms with Gasteiger partial charge in [0.2, 0.25) is 5.75 Å². The Morgan fingerprint density at radius 1 is 0.960 bits per heavy atom. The summed E-state index contributed by atoms with van der Waals surface area (Å²) in [5, 5.41) is 10.5. The standard InChI is InChI=1S/C20H29NO4/c1-4-6-8-9-13-24-18-16-11-10-15(22)14-17(16)21(3)20(23)19(18)25-12-7-5-2/h10-11,14,22H,4-9,12-13H2,1-3H3. The Morgan fingerprint density at radius 2 is 1.64 bits per heavy atom. The zero-order chi connectivity index (χ0) is 18.2. The van der Waals surface area contributed by atoms with Gasteiger partial charge in [0.05, 0.1) is 18.7 Å². The molecule has 1 aromatic carbocycles. The van der Waals surface area contributed by atoms with Crippen LogP contribution in [0.1, 0.15) is 52.4 Å². The molecule has 0 amide bonds. The smallest absolute Gasteiger partial charge is 0.297 e. The van der Waals surface area contributed by atoms with Crippen molar-refractivity contribution in [3.8, 4) is 17.2 Å². The topological polar surface area (TPSA) is 60.7 Å². The van der Waals surface area contributed by atoms with Crippen LogP contribution in [0, 0.1) is 0 Å². The van der Waals surface area contributed by atoms with E-state index in [9.17, 15) is 9.90 Å². The van der Waals surface area contributed by atoms with Crippen LogP contribution in [-0.2, 0) is 7.05 Å².